The first-order valence-corrected chi connectivity index (χ1v) is 7.25. The number of carbonyl (C=O) groups is 2. The summed E-state index contributed by atoms with van der Waals surface area (Å²) >= 11 is 0. The van der Waals surface area contributed by atoms with E-state index in [0.29, 0.717) is 24.9 Å². The van der Waals surface area contributed by atoms with Crippen molar-refractivity contribution in [2.45, 2.75) is 26.2 Å². The van der Waals surface area contributed by atoms with Gasteiger partial charge in [-0.05, 0) is 25.0 Å². The zero-order valence-corrected chi connectivity index (χ0v) is 13.0. The topological polar surface area (TPSA) is 58.6 Å². The van der Waals surface area contributed by atoms with Gasteiger partial charge in [0.2, 0.25) is 0 Å². The largest absolute Gasteiger partial charge is 0.469 e. The van der Waals surface area contributed by atoms with Gasteiger partial charge in [0, 0.05) is 32.2 Å². The Morgan fingerprint density at radius 1 is 1.29 bits per heavy atom. The Kier molecular flexibility index (Phi) is 7.29. The number of ether oxygens (including phenoxy) is 1. The number of nitrogens with one attached hydrogen (secondary N) is 1. The lowest BCUT2D eigenvalue weighted by molar-refractivity contribution is -0.140. The van der Waals surface area contributed by atoms with Gasteiger partial charge in [-0.25, -0.2) is 0 Å². The van der Waals surface area contributed by atoms with Crippen LogP contribution in [0, 0.1) is 0 Å². The highest BCUT2D eigenvalue weighted by molar-refractivity contribution is 5.99. The lowest BCUT2D eigenvalue weighted by Gasteiger charge is -2.19. The standard InChI is InChI=1S/C16H24N2O3/c1-4-11-17-14-9-6-5-8-13(14)16(20)18(2)12-7-10-15(19)21-3/h5-6,8-9,17H,4,7,10-12H2,1-3H3. The molecule has 0 spiro atoms. The predicted molar refractivity (Wildman–Crippen MR) is 83.4 cm³/mol. The van der Waals surface area contributed by atoms with Gasteiger partial charge in [-0.1, -0.05) is 19.1 Å². The van der Waals surface area contributed by atoms with Gasteiger partial charge in [-0.2, -0.15) is 0 Å². The Balaban J connectivity index is 2.63. The van der Waals surface area contributed by atoms with Gasteiger partial charge in [0.1, 0.15) is 0 Å². The second-order valence-electron chi connectivity index (χ2n) is 4.88. The van der Waals surface area contributed by atoms with Crippen LogP contribution in [-0.4, -0.2) is 44.0 Å². The molecule has 0 atom stereocenters. The molecule has 1 amide bonds. The number of para-hydroxylation sites is 1. The lowest BCUT2D eigenvalue weighted by atomic mass is 10.1. The molecule has 0 saturated heterocycles. The molecule has 0 fully saturated rings. The third kappa shape index (κ3) is 5.45. The number of carbonyl (C=O) groups excluding carboxylic acids is 2. The molecule has 5 heteroatoms. The molecule has 21 heavy (non-hydrogen) atoms. The fraction of sp³-hybridized carbons (Fsp3) is 0.500. The van der Waals surface area contributed by atoms with Crippen molar-refractivity contribution in [3.8, 4) is 0 Å². The molecule has 0 saturated carbocycles. The summed E-state index contributed by atoms with van der Waals surface area (Å²) in [6, 6.07) is 7.49. The first-order chi connectivity index (χ1) is 10.1. The number of rotatable bonds is 8. The number of benzene rings is 1. The van der Waals surface area contributed by atoms with Crippen LogP contribution in [0.1, 0.15) is 36.5 Å². The fourth-order valence-electron chi connectivity index (χ4n) is 1.95. The van der Waals surface area contributed by atoms with Crippen molar-refractivity contribution in [3.05, 3.63) is 29.8 Å². The second-order valence-corrected chi connectivity index (χ2v) is 4.88. The van der Waals surface area contributed by atoms with E-state index in [2.05, 4.69) is 17.0 Å². The van der Waals surface area contributed by atoms with Crippen LogP contribution in [0.4, 0.5) is 5.69 Å². The zero-order valence-electron chi connectivity index (χ0n) is 13.0. The number of nitrogens with zero attached hydrogens (tertiary/aromatic N) is 1. The number of methoxy groups -OCH3 is 1. The summed E-state index contributed by atoms with van der Waals surface area (Å²) < 4.78 is 4.59. The molecule has 1 N–H and O–H groups in total. The van der Waals surface area contributed by atoms with Crippen molar-refractivity contribution in [3.63, 3.8) is 0 Å². The molecule has 0 heterocycles. The van der Waals surface area contributed by atoms with Crippen LogP contribution >= 0.6 is 0 Å². The fourth-order valence-corrected chi connectivity index (χ4v) is 1.95. The molecular formula is C16H24N2O3. The maximum absolute atomic E-state index is 12.4. The quantitative estimate of drug-likeness (QED) is 0.748. The van der Waals surface area contributed by atoms with Crippen LogP contribution in [0.5, 0.6) is 0 Å². The van der Waals surface area contributed by atoms with E-state index in [9.17, 15) is 9.59 Å². The highest BCUT2D eigenvalue weighted by Crippen LogP contribution is 2.17. The van der Waals surface area contributed by atoms with Crippen molar-refractivity contribution in [1.82, 2.24) is 4.90 Å². The summed E-state index contributed by atoms with van der Waals surface area (Å²) in [6.07, 6.45) is 1.92. The number of anilines is 1. The van der Waals surface area contributed by atoms with Crippen LogP contribution in [0.3, 0.4) is 0 Å². The summed E-state index contributed by atoms with van der Waals surface area (Å²) in [7, 11) is 3.11. The third-order valence-electron chi connectivity index (χ3n) is 3.17. The first kappa shape index (κ1) is 17.0. The van der Waals surface area contributed by atoms with Crippen molar-refractivity contribution in [2.24, 2.45) is 0 Å². The zero-order chi connectivity index (χ0) is 15.7. The Bertz CT molecular complexity index is 474. The number of hydrogen-bond donors (Lipinski definition) is 1. The summed E-state index contributed by atoms with van der Waals surface area (Å²) in [5, 5.41) is 3.26. The van der Waals surface area contributed by atoms with Gasteiger partial charge in [-0.3, -0.25) is 9.59 Å². The van der Waals surface area contributed by atoms with Gasteiger partial charge >= 0.3 is 5.97 Å². The third-order valence-corrected chi connectivity index (χ3v) is 3.17. The minimum absolute atomic E-state index is 0.0425. The molecule has 1 aromatic rings. The summed E-state index contributed by atoms with van der Waals surface area (Å²) in [5.74, 6) is -0.292. The van der Waals surface area contributed by atoms with E-state index < -0.39 is 0 Å². The molecule has 1 aromatic carbocycles. The van der Waals surface area contributed by atoms with Crippen LogP contribution < -0.4 is 5.32 Å². The number of hydrogen-bond acceptors (Lipinski definition) is 4. The summed E-state index contributed by atoms with van der Waals surface area (Å²) in [4.78, 5) is 25.1. The van der Waals surface area contributed by atoms with E-state index >= 15 is 0 Å². The van der Waals surface area contributed by atoms with E-state index in [1.807, 2.05) is 24.3 Å². The molecule has 1 rings (SSSR count). The molecule has 5 nitrogen and oxygen atoms in total. The van der Waals surface area contributed by atoms with Crippen molar-refractivity contribution in [1.29, 1.82) is 0 Å². The summed E-state index contributed by atoms with van der Waals surface area (Å²) in [5.41, 5.74) is 1.51. The SMILES string of the molecule is CCCNc1ccccc1C(=O)N(C)CCCC(=O)OC. The molecule has 116 valence electrons. The van der Waals surface area contributed by atoms with E-state index in [-0.39, 0.29) is 11.9 Å². The second kappa shape index (κ2) is 9.00. The molecule has 0 aliphatic rings. The van der Waals surface area contributed by atoms with Gasteiger partial charge in [0.15, 0.2) is 0 Å². The molecule has 0 unspecified atom stereocenters. The Labute approximate surface area is 126 Å². The van der Waals surface area contributed by atoms with E-state index in [4.69, 9.17) is 0 Å². The molecule has 0 aliphatic carbocycles. The minimum atomic E-state index is -0.249. The van der Waals surface area contributed by atoms with Crippen molar-refractivity contribution in [2.75, 3.05) is 32.6 Å². The van der Waals surface area contributed by atoms with Gasteiger partial charge < -0.3 is 15.0 Å². The lowest BCUT2D eigenvalue weighted by Crippen LogP contribution is -2.29. The Morgan fingerprint density at radius 3 is 2.67 bits per heavy atom. The molecular weight excluding hydrogens is 268 g/mol. The van der Waals surface area contributed by atoms with Crippen LogP contribution in [0.25, 0.3) is 0 Å². The Morgan fingerprint density at radius 2 is 2.00 bits per heavy atom. The van der Waals surface area contributed by atoms with Crippen molar-refractivity contribution >= 4 is 17.6 Å². The molecule has 0 radical (unpaired) electrons. The number of amides is 1. The van der Waals surface area contributed by atoms with Gasteiger partial charge in [0.05, 0.1) is 12.7 Å². The van der Waals surface area contributed by atoms with E-state index in [1.165, 1.54) is 7.11 Å². The Hall–Kier alpha value is -2.04. The summed E-state index contributed by atoms with van der Waals surface area (Å²) in [6.45, 7) is 3.43. The highest BCUT2D eigenvalue weighted by atomic mass is 16.5. The van der Waals surface area contributed by atoms with E-state index in [0.717, 1.165) is 18.7 Å². The van der Waals surface area contributed by atoms with Crippen molar-refractivity contribution < 1.29 is 14.3 Å². The smallest absolute Gasteiger partial charge is 0.305 e. The van der Waals surface area contributed by atoms with Crippen LogP contribution in [0.15, 0.2) is 24.3 Å². The highest BCUT2D eigenvalue weighted by Gasteiger charge is 2.15. The minimum Gasteiger partial charge on any atom is -0.469 e. The first-order valence-electron chi connectivity index (χ1n) is 7.25. The average molecular weight is 292 g/mol. The average Bonchev–Trinajstić information content (AvgIpc) is 2.52. The van der Waals surface area contributed by atoms with Crippen LogP contribution in [0.2, 0.25) is 0 Å². The molecule has 0 aliphatic heterocycles. The predicted octanol–water partition coefficient (Wildman–Crippen LogP) is 2.53. The van der Waals surface area contributed by atoms with Crippen LogP contribution in [-0.2, 0) is 9.53 Å². The van der Waals surface area contributed by atoms with Gasteiger partial charge in [-0.15, -0.1) is 0 Å². The molecule has 0 bridgehead atoms. The maximum atomic E-state index is 12.4. The molecule has 0 aromatic heterocycles. The number of esters is 1. The van der Waals surface area contributed by atoms with E-state index in [1.54, 1.807) is 11.9 Å². The van der Waals surface area contributed by atoms with Gasteiger partial charge in [0.25, 0.3) is 5.91 Å². The normalized spacial score (nSPS) is 10.0. The maximum Gasteiger partial charge on any atom is 0.305 e. The monoisotopic (exact) mass is 292 g/mol.